The van der Waals surface area contributed by atoms with Gasteiger partial charge in [0.25, 0.3) is 0 Å². The number of benzene rings is 1. The van der Waals surface area contributed by atoms with E-state index in [1.807, 2.05) is 0 Å². The summed E-state index contributed by atoms with van der Waals surface area (Å²) in [5.41, 5.74) is 0. The predicted octanol–water partition coefficient (Wildman–Crippen LogP) is 3.31. The van der Waals surface area contributed by atoms with Crippen molar-refractivity contribution in [3.63, 3.8) is 0 Å². The van der Waals surface area contributed by atoms with Gasteiger partial charge in [0.1, 0.15) is 0 Å². The summed E-state index contributed by atoms with van der Waals surface area (Å²) in [7, 11) is 0. The van der Waals surface area contributed by atoms with Gasteiger partial charge in [-0.05, 0) is 0 Å². The van der Waals surface area contributed by atoms with Crippen LogP contribution in [-0.2, 0) is 0 Å². The molecule has 0 unspecified atom stereocenters. The van der Waals surface area contributed by atoms with Crippen molar-refractivity contribution >= 4 is 40.1 Å². The molecule has 74 valence electrons. The quantitative estimate of drug-likeness (QED) is 0.805. The molecule has 3 nitrogen and oxygen atoms in total. The first kappa shape index (κ1) is 11.3. The molecule has 0 atom stereocenters. The van der Waals surface area contributed by atoms with E-state index in [1.54, 1.807) is 12.1 Å². The van der Waals surface area contributed by atoms with Crippen LogP contribution in [0.1, 0.15) is 0 Å². The molecule has 0 fully saturated rings. The molecule has 0 saturated carbocycles. The third kappa shape index (κ3) is 4.32. The third-order valence-electron chi connectivity index (χ3n) is 1.09. The Morgan fingerprint density at radius 1 is 1.15 bits per heavy atom. The van der Waals surface area contributed by atoms with Gasteiger partial charge in [-0.3, -0.25) is 0 Å². The Labute approximate surface area is 89.6 Å². The van der Waals surface area contributed by atoms with Crippen LogP contribution in [0.5, 0.6) is 5.75 Å². The van der Waals surface area contributed by atoms with Gasteiger partial charge < -0.3 is 0 Å². The molecule has 0 amide bonds. The van der Waals surface area contributed by atoms with Crippen molar-refractivity contribution in [1.29, 1.82) is 0 Å². The molecule has 7 heteroatoms. The Bertz CT molecular complexity index is 313. The van der Waals surface area contributed by atoms with Crippen molar-refractivity contribution in [2.24, 2.45) is 0 Å². The Morgan fingerprint density at radius 3 is 2.15 bits per heavy atom. The molecule has 0 heterocycles. The number of rotatable bonds is 2. The van der Waals surface area contributed by atoms with E-state index in [9.17, 15) is 0 Å². The predicted molar refractivity (Wildman–Crippen MR) is 55.1 cm³/mol. The van der Waals surface area contributed by atoms with Crippen molar-refractivity contribution in [2.75, 3.05) is 0 Å². The molecule has 0 saturated heterocycles. The summed E-state index contributed by atoms with van der Waals surface area (Å²) in [5, 5.41) is 0.195. The van der Waals surface area contributed by atoms with E-state index in [4.69, 9.17) is 43.9 Å². The Morgan fingerprint density at radius 2 is 1.69 bits per heavy atom. The van der Waals surface area contributed by atoms with E-state index in [0.717, 1.165) is 0 Å². The van der Waals surface area contributed by atoms with Crippen LogP contribution in [0.4, 0.5) is 0 Å². The molecular formula is C6H6Cl3O3P. The summed E-state index contributed by atoms with van der Waals surface area (Å²) in [5.74, 6) is -5.00. The second kappa shape index (κ2) is 3.43. The fourth-order valence-corrected chi connectivity index (χ4v) is 1.84. The maximum atomic E-state index is 9.00. The Kier molecular flexibility index (Phi) is 2.98. The minimum atomic E-state index is -5.03. The second-order valence-electron chi connectivity index (χ2n) is 2.28. The normalized spacial score (nSPS) is 14.7. The number of hydrogen-bond donors (Lipinski definition) is 2. The monoisotopic (exact) mass is 262 g/mol. The summed E-state index contributed by atoms with van der Waals surface area (Å²) in [6.45, 7) is 0. The van der Waals surface area contributed by atoms with Gasteiger partial charge in [0.05, 0.1) is 0 Å². The minimum absolute atomic E-state index is 0.0248. The number of para-hydroxylation sites is 1. The zero-order valence-electron chi connectivity index (χ0n) is 6.19. The molecule has 0 aliphatic carbocycles. The van der Waals surface area contributed by atoms with Gasteiger partial charge in [-0.15, -0.1) is 0 Å². The molecule has 13 heavy (non-hydrogen) atoms. The van der Waals surface area contributed by atoms with Crippen molar-refractivity contribution < 1.29 is 14.3 Å². The zero-order chi connectivity index (χ0) is 10.1. The molecule has 0 radical (unpaired) electrons. The SMILES string of the molecule is OP(O)(Cl)(Cl)Oc1ccccc1Cl. The van der Waals surface area contributed by atoms with Gasteiger partial charge in [0.15, 0.2) is 0 Å². The summed E-state index contributed by atoms with van der Waals surface area (Å²) in [4.78, 5) is 18.0. The average Bonchev–Trinajstić information content (AvgIpc) is 1.89. The van der Waals surface area contributed by atoms with Crippen LogP contribution >= 0.6 is 40.1 Å². The van der Waals surface area contributed by atoms with Gasteiger partial charge in [0, 0.05) is 0 Å². The van der Waals surface area contributed by atoms with Crippen molar-refractivity contribution in [3.8, 4) is 5.75 Å². The van der Waals surface area contributed by atoms with Gasteiger partial charge in [-0.1, -0.05) is 0 Å². The molecule has 1 aromatic rings. The summed E-state index contributed by atoms with van der Waals surface area (Å²) >= 11 is 15.9. The molecule has 2 N–H and O–H groups in total. The van der Waals surface area contributed by atoms with Crippen molar-refractivity contribution in [2.45, 2.75) is 0 Å². The van der Waals surface area contributed by atoms with Crippen LogP contribution < -0.4 is 4.52 Å². The van der Waals surface area contributed by atoms with Crippen molar-refractivity contribution in [1.82, 2.24) is 0 Å². The van der Waals surface area contributed by atoms with E-state index in [1.165, 1.54) is 12.1 Å². The number of hydrogen-bond acceptors (Lipinski definition) is 3. The molecule has 0 bridgehead atoms. The molecule has 0 aromatic heterocycles. The van der Waals surface area contributed by atoms with Crippen LogP contribution in [-0.4, -0.2) is 9.79 Å². The van der Waals surface area contributed by atoms with Crippen LogP contribution in [0, 0.1) is 0 Å². The van der Waals surface area contributed by atoms with Gasteiger partial charge >= 0.3 is 89.4 Å². The average molecular weight is 263 g/mol. The molecule has 1 aromatic carbocycles. The van der Waals surface area contributed by atoms with Crippen LogP contribution in [0.3, 0.4) is 0 Å². The molecule has 1 rings (SSSR count). The molecule has 0 aliphatic heterocycles. The Balaban J connectivity index is 2.94. The van der Waals surface area contributed by atoms with E-state index in [0.29, 0.717) is 0 Å². The van der Waals surface area contributed by atoms with Crippen LogP contribution in [0.2, 0.25) is 5.02 Å². The molecule has 0 aliphatic rings. The standard InChI is InChI=1S/C6H6Cl3O3P/c7-5-3-1-2-4-6(5)12-13(8,9,10)11/h1-4,10-11H. The number of halogens is 3. The van der Waals surface area contributed by atoms with Crippen LogP contribution in [0.15, 0.2) is 24.3 Å². The first-order valence-corrected chi connectivity index (χ1v) is 7.39. The fraction of sp³-hybridized carbons (Fsp3) is 0. The van der Waals surface area contributed by atoms with E-state index >= 15 is 0 Å². The Hall–Kier alpha value is 0.240. The first-order valence-electron chi connectivity index (χ1n) is 3.14. The maximum absolute atomic E-state index is 9.00. The van der Waals surface area contributed by atoms with Crippen LogP contribution in [0.25, 0.3) is 0 Å². The van der Waals surface area contributed by atoms with Gasteiger partial charge in [-0.2, -0.15) is 0 Å². The summed E-state index contributed by atoms with van der Waals surface area (Å²) < 4.78 is 4.56. The molecular weight excluding hydrogens is 257 g/mol. The van der Waals surface area contributed by atoms with Gasteiger partial charge in [-0.25, -0.2) is 0 Å². The zero-order valence-corrected chi connectivity index (χ0v) is 9.36. The first-order chi connectivity index (χ1) is 5.74. The van der Waals surface area contributed by atoms with E-state index < -0.39 is 5.99 Å². The van der Waals surface area contributed by atoms with Gasteiger partial charge in [0.2, 0.25) is 0 Å². The van der Waals surface area contributed by atoms with E-state index in [2.05, 4.69) is 4.52 Å². The summed E-state index contributed by atoms with van der Waals surface area (Å²) in [6, 6.07) is 6.17. The second-order valence-corrected chi connectivity index (χ2v) is 8.56. The van der Waals surface area contributed by atoms with Crippen molar-refractivity contribution in [3.05, 3.63) is 29.3 Å². The fourth-order valence-electron chi connectivity index (χ4n) is 0.681. The third-order valence-corrected chi connectivity index (χ3v) is 2.31. The topological polar surface area (TPSA) is 49.7 Å². The van der Waals surface area contributed by atoms with E-state index in [-0.39, 0.29) is 10.8 Å². The molecule has 0 spiro atoms. The summed E-state index contributed by atoms with van der Waals surface area (Å²) in [6.07, 6.45) is 0.